The van der Waals surface area contributed by atoms with Crippen LogP contribution < -0.4 is 9.62 Å². The van der Waals surface area contributed by atoms with Gasteiger partial charge in [0.1, 0.15) is 0 Å². The molecule has 1 saturated heterocycles. The number of anilines is 2. The number of aromatic nitrogens is 1. The molecule has 0 aliphatic carbocycles. The third-order valence-electron chi connectivity index (χ3n) is 5.82. The number of likely N-dealkylation sites (N-methyl/N-ethyl adjacent to an activating group) is 1. The first kappa shape index (κ1) is 28.4. The summed E-state index contributed by atoms with van der Waals surface area (Å²) in [5, 5.41) is 8.80. The number of benzene rings is 2. The van der Waals surface area contributed by atoms with Gasteiger partial charge in [0.15, 0.2) is 5.82 Å². The van der Waals surface area contributed by atoms with Gasteiger partial charge in [-0.25, -0.2) is 18.2 Å². The second kappa shape index (κ2) is 11.9. The van der Waals surface area contributed by atoms with Crippen molar-refractivity contribution >= 4 is 38.8 Å². The molecule has 1 aliphatic heterocycles. The van der Waals surface area contributed by atoms with E-state index >= 15 is 0 Å². The number of nitrogens with zero attached hydrogens (tertiary/aromatic N) is 3. The van der Waals surface area contributed by atoms with Crippen LogP contribution in [-0.2, 0) is 21.4 Å². The third kappa shape index (κ3) is 7.91. The Hall–Kier alpha value is -3.16. The van der Waals surface area contributed by atoms with Crippen LogP contribution in [0.3, 0.4) is 0 Å². The number of nitrogens with one attached hydrogen (secondary N) is 1. The van der Waals surface area contributed by atoms with E-state index in [1.165, 1.54) is 16.9 Å². The van der Waals surface area contributed by atoms with E-state index in [0.717, 1.165) is 37.3 Å². The summed E-state index contributed by atoms with van der Waals surface area (Å²) in [6, 6.07) is 16.3. The van der Waals surface area contributed by atoms with E-state index in [1.807, 2.05) is 19.1 Å². The molecule has 37 heavy (non-hydrogen) atoms. The summed E-state index contributed by atoms with van der Waals surface area (Å²) in [7, 11) is -1.55. The quantitative estimate of drug-likeness (QED) is 0.439. The Balaban J connectivity index is 0.000000479. The van der Waals surface area contributed by atoms with Gasteiger partial charge in [-0.3, -0.25) is 9.62 Å². The highest BCUT2D eigenvalue weighted by Gasteiger charge is 2.38. The number of thiazole rings is 1. The summed E-state index contributed by atoms with van der Waals surface area (Å²) >= 11 is 1.35. The number of rotatable bonds is 7. The van der Waals surface area contributed by atoms with Crippen molar-refractivity contribution in [3.8, 4) is 0 Å². The largest absolute Gasteiger partial charge is 0.490 e. The maximum absolute atomic E-state index is 12.6. The highest BCUT2D eigenvalue weighted by molar-refractivity contribution is 7.92. The Morgan fingerprint density at radius 2 is 1.92 bits per heavy atom. The lowest BCUT2D eigenvalue weighted by molar-refractivity contribution is -0.192. The van der Waals surface area contributed by atoms with E-state index in [-0.39, 0.29) is 4.90 Å². The molecule has 3 aromatic rings. The molecule has 200 valence electrons. The van der Waals surface area contributed by atoms with Crippen LogP contribution in [0.2, 0.25) is 0 Å². The van der Waals surface area contributed by atoms with Gasteiger partial charge < -0.3 is 10.0 Å². The third-order valence-corrected chi connectivity index (χ3v) is 7.76. The number of hydrogen-bond acceptors (Lipinski definition) is 7. The Morgan fingerprint density at radius 1 is 1.24 bits per heavy atom. The molecule has 2 aromatic carbocycles. The number of aryl methyl sites for hydroxylation is 1. The summed E-state index contributed by atoms with van der Waals surface area (Å²) in [5.41, 5.74) is 4.94. The maximum atomic E-state index is 12.6. The van der Waals surface area contributed by atoms with Crippen LogP contribution in [0.5, 0.6) is 0 Å². The first-order valence-electron chi connectivity index (χ1n) is 11.2. The van der Waals surface area contributed by atoms with Crippen LogP contribution >= 0.6 is 11.3 Å². The average molecular weight is 557 g/mol. The molecule has 0 spiro atoms. The summed E-state index contributed by atoms with van der Waals surface area (Å²) < 4.78 is 59.5. The topological polar surface area (TPSA) is 103 Å². The zero-order chi connectivity index (χ0) is 27.2. The maximum Gasteiger partial charge on any atom is 0.490 e. The molecule has 1 aliphatic rings. The minimum absolute atomic E-state index is 0.252. The van der Waals surface area contributed by atoms with Gasteiger partial charge in [-0.15, -0.1) is 11.3 Å². The Kier molecular flexibility index (Phi) is 9.16. The Morgan fingerprint density at radius 3 is 2.49 bits per heavy atom. The molecule has 1 fully saturated rings. The number of hydrogen-bond donors (Lipinski definition) is 2. The number of alkyl halides is 3. The normalized spacial score (nSPS) is 16.1. The number of carboxylic acid groups (broad SMARTS) is 1. The first-order valence-corrected chi connectivity index (χ1v) is 13.6. The number of carbonyl (C=O) groups is 1. The molecule has 0 radical (unpaired) electrons. The van der Waals surface area contributed by atoms with Crippen molar-refractivity contribution in [3.05, 3.63) is 70.5 Å². The highest BCUT2D eigenvalue weighted by atomic mass is 32.2. The average Bonchev–Trinajstić information content (AvgIpc) is 3.51. The van der Waals surface area contributed by atoms with Crippen molar-refractivity contribution in [2.24, 2.45) is 0 Å². The minimum atomic E-state index is -5.08. The van der Waals surface area contributed by atoms with Crippen molar-refractivity contribution in [1.82, 2.24) is 9.88 Å². The van der Waals surface area contributed by atoms with Gasteiger partial charge in [0.2, 0.25) is 0 Å². The number of carboxylic acids is 1. The number of sulfonamides is 1. The molecule has 0 bridgehead atoms. The lowest BCUT2D eigenvalue weighted by Crippen LogP contribution is -2.34. The van der Waals surface area contributed by atoms with Gasteiger partial charge in [-0.2, -0.15) is 13.2 Å². The summed E-state index contributed by atoms with van der Waals surface area (Å²) in [4.78, 5) is 17.9. The van der Waals surface area contributed by atoms with Gasteiger partial charge in [0.05, 0.1) is 10.4 Å². The molecular weight excluding hydrogens is 529 g/mol. The van der Waals surface area contributed by atoms with Crippen LogP contribution in [0.25, 0.3) is 0 Å². The van der Waals surface area contributed by atoms with Crippen molar-refractivity contribution in [2.75, 3.05) is 29.8 Å². The predicted molar refractivity (Wildman–Crippen MR) is 136 cm³/mol. The van der Waals surface area contributed by atoms with E-state index in [1.54, 1.807) is 23.0 Å². The van der Waals surface area contributed by atoms with Crippen LogP contribution in [0.15, 0.2) is 64.3 Å². The molecular formula is C24H27F3N4O4S2. The second-order valence-electron chi connectivity index (χ2n) is 8.50. The van der Waals surface area contributed by atoms with Gasteiger partial charge >= 0.3 is 12.1 Å². The molecule has 1 aromatic heterocycles. The smallest absolute Gasteiger partial charge is 0.475 e. The molecule has 0 amide bonds. The van der Waals surface area contributed by atoms with Gasteiger partial charge in [-0.05, 0) is 42.7 Å². The Bertz CT molecular complexity index is 1290. The zero-order valence-electron chi connectivity index (χ0n) is 20.1. The minimum Gasteiger partial charge on any atom is -0.475 e. The standard InChI is InChI=1S/C22H26N4O2S2.C2HF3O2/c1-17-12-20(30(27,28)24-22-15-29-16-23-22)8-9-21(17)25(2)19-10-11-26(14-19)13-18-6-4-3-5-7-18;3-2(4,5)1(6)7/h3-9,12,15-16,19,24H,10-11,13-14H2,1-2H3;(H,6,7). The first-order chi connectivity index (χ1) is 17.4. The van der Waals surface area contributed by atoms with Crippen LogP contribution in [0.4, 0.5) is 24.7 Å². The lowest BCUT2D eigenvalue weighted by Gasteiger charge is -2.29. The van der Waals surface area contributed by atoms with Gasteiger partial charge in [0.25, 0.3) is 10.0 Å². The highest BCUT2D eigenvalue weighted by Crippen LogP contribution is 2.28. The molecule has 2 heterocycles. The summed E-state index contributed by atoms with van der Waals surface area (Å²) in [6.07, 6.45) is -3.99. The second-order valence-corrected chi connectivity index (χ2v) is 10.9. The van der Waals surface area contributed by atoms with Crippen LogP contribution in [-0.4, -0.2) is 61.7 Å². The van der Waals surface area contributed by atoms with E-state index in [2.05, 4.69) is 50.8 Å². The summed E-state index contributed by atoms with van der Waals surface area (Å²) in [5.74, 6) is -2.41. The fourth-order valence-corrected chi connectivity index (χ4v) is 5.60. The van der Waals surface area contributed by atoms with E-state index in [9.17, 15) is 21.6 Å². The van der Waals surface area contributed by atoms with Crippen molar-refractivity contribution in [3.63, 3.8) is 0 Å². The fourth-order valence-electron chi connectivity index (χ4n) is 3.96. The summed E-state index contributed by atoms with van der Waals surface area (Å²) in [6.45, 7) is 4.98. The number of likely N-dealkylation sites (tertiary alicyclic amines) is 1. The molecule has 2 N–H and O–H groups in total. The van der Waals surface area contributed by atoms with Gasteiger partial charge in [0, 0.05) is 43.8 Å². The van der Waals surface area contributed by atoms with Crippen molar-refractivity contribution in [1.29, 1.82) is 0 Å². The monoisotopic (exact) mass is 556 g/mol. The van der Waals surface area contributed by atoms with Crippen molar-refractivity contribution in [2.45, 2.75) is 37.0 Å². The van der Waals surface area contributed by atoms with Crippen LogP contribution in [0, 0.1) is 6.92 Å². The van der Waals surface area contributed by atoms with Crippen molar-refractivity contribution < 1.29 is 31.5 Å². The molecule has 8 nitrogen and oxygen atoms in total. The molecule has 4 rings (SSSR count). The Labute approximate surface area is 217 Å². The SMILES string of the molecule is Cc1cc(S(=O)(=O)Nc2cscn2)ccc1N(C)C1CCN(Cc2ccccc2)C1.O=C(O)C(F)(F)F. The zero-order valence-corrected chi connectivity index (χ0v) is 21.8. The molecule has 1 unspecified atom stereocenters. The predicted octanol–water partition coefficient (Wildman–Crippen LogP) is 4.60. The molecule has 0 saturated carbocycles. The molecule has 1 atom stereocenters. The lowest BCUT2D eigenvalue weighted by atomic mass is 10.1. The van der Waals surface area contributed by atoms with E-state index in [4.69, 9.17) is 9.90 Å². The number of aliphatic carboxylic acids is 1. The van der Waals surface area contributed by atoms with E-state index < -0.39 is 22.2 Å². The molecule has 13 heteroatoms. The van der Waals surface area contributed by atoms with Crippen LogP contribution in [0.1, 0.15) is 17.5 Å². The fraction of sp³-hybridized carbons (Fsp3) is 0.333. The van der Waals surface area contributed by atoms with Gasteiger partial charge in [-0.1, -0.05) is 30.3 Å². The number of halogens is 3. The van der Waals surface area contributed by atoms with E-state index in [0.29, 0.717) is 11.9 Å².